The fourth-order valence-corrected chi connectivity index (χ4v) is 3.42. The van der Waals surface area contributed by atoms with Crippen molar-refractivity contribution in [1.29, 1.82) is 0 Å². The van der Waals surface area contributed by atoms with Crippen molar-refractivity contribution >= 4 is 39.9 Å². The number of nitrogens with one attached hydrogen (secondary N) is 1. The maximum atomic E-state index is 12.4. The van der Waals surface area contributed by atoms with E-state index in [1.54, 1.807) is 13.8 Å². The summed E-state index contributed by atoms with van der Waals surface area (Å²) in [5, 5.41) is 2.78. The number of rotatable bonds is 6. The van der Waals surface area contributed by atoms with Crippen LogP contribution in [0.2, 0.25) is 0 Å². The highest BCUT2D eigenvalue weighted by molar-refractivity contribution is 7.18. The standard InChI is InChI=1S/C18H18N2O5S/c1-4-25-18(24)14-9(2)13(15(19)22)17(26-14)20-16(23)12-7-5-11(6-8-12)10(3)21/h5-8H,4H2,1-3H3,(H2,19,22)(H,20,23). The van der Waals surface area contributed by atoms with E-state index in [0.717, 1.165) is 11.3 Å². The molecule has 2 rings (SSSR count). The van der Waals surface area contributed by atoms with Gasteiger partial charge in [-0.3, -0.25) is 14.4 Å². The minimum absolute atomic E-state index is 0.0757. The maximum absolute atomic E-state index is 12.4. The summed E-state index contributed by atoms with van der Waals surface area (Å²) in [6, 6.07) is 6.08. The lowest BCUT2D eigenvalue weighted by atomic mass is 10.1. The minimum Gasteiger partial charge on any atom is -0.462 e. The number of amides is 2. The van der Waals surface area contributed by atoms with Gasteiger partial charge in [0, 0.05) is 11.1 Å². The Morgan fingerprint density at radius 1 is 1.12 bits per heavy atom. The largest absolute Gasteiger partial charge is 0.462 e. The topological polar surface area (TPSA) is 116 Å². The number of hydrogen-bond acceptors (Lipinski definition) is 6. The molecular formula is C18H18N2O5S. The predicted octanol–water partition coefficient (Wildman–Crippen LogP) is 2.79. The van der Waals surface area contributed by atoms with E-state index in [2.05, 4.69) is 5.32 Å². The van der Waals surface area contributed by atoms with E-state index < -0.39 is 17.8 Å². The zero-order valence-electron chi connectivity index (χ0n) is 14.5. The molecule has 0 bridgehead atoms. The minimum atomic E-state index is -0.753. The Kier molecular flexibility index (Phi) is 5.89. The number of carbonyl (C=O) groups excluding carboxylic acids is 4. The first-order chi connectivity index (χ1) is 12.3. The zero-order chi connectivity index (χ0) is 19.4. The van der Waals surface area contributed by atoms with Crippen LogP contribution in [0, 0.1) is 6.92 Å². The van der Waals surface area contributed by atoms with Gasteiger partial charge in [-0.05, 0) is 38.5 Å². The smallest absolute Gasteiger partial charge is 0.348 e. The van der Waals surface area contributed by atoms with Gasteiger partial charge in [0.1, 0.15) is 9.88 Å². The van der Waals surface area contributed by atoms with Crippen LogP contribution < -0.4 is 11.1 Å². The number of Topliss-reactive ketones (excluding diaryl/α,β-unsaturated/α-hetero) is 1. The summed E-state index contributed by atoms with van der Waals surface area (Å²) in [4.78, 5) is 47.7. The second-order valence-corrected chi connectivity index (χ2v) is 6.45. The molecule has 26 heavy (non-hydrogen) atoms. The Balaban J connectivity index is 2.34. The number of primary amides is 1. The number of nitrogens with two attached hydrogens (primary N) is 1. The monoisotopic (exact) mass is 374 g/mol. The van der Waals surface area contributed by atoms with Crippen molar-refractivity contribution in [2.24, 2.45) is 5.73 Å². The Hall–Kier alpha value is -3.00. The van der Waals surface area contributed by atoms with Gasteiger partial charge in [-0.25, -0.2) is 4.79 Å². The van der Waals surface area contributed by atoms with E-state index in [1.807, 2.05) is 0 Å². The third-order valence-corrected chi connectivity index (χ3v) is 4.82. The second kappa shape index (κ2) is 7.92. The number of ketones is 1. The first-order valence-electron chi connectivity index (χ1n) is 7.78. The van der Waals surface area contributed by atoms with Gasteiger partial charge >= 0.3 is 5.97 Å². The SMILES string of the molecule is CCOC(=O)c1sc(NC(=O)c2ccc(C(C)=O)cc2)c(C(N)=O)c1C. The van der Waals surface area contributed by atoms with E-state index in [0.29, 0.717) is 16.7 Å². The summed E-state index contributed by atoms with van der Waals surface area (Å²) in [5.41, 5.74) is 6.62. The average molecular weight is 374 g/mol. The van der Waals surface area contributed by atoms with E-state index in [9.17, 15) is 19.2 Å². The molecule has 0 aliphatic carbocycles. The molecule has 0 atom stereocenters. The summed E-state index contributed by atoms with van der Waals surface area (Å²) in [6.45, 7) is 4.86. The lowest BCUT2D eigenvalue weighted by Crippen LogP contribution is -2.17. The average Bonchev–Trinajstić information content (AvgIpc) is 2.91. The molecule has 2 amide bonds. The van der Waals surface area contributed by atoms with Gasteiger partial charge in [0.2, 0.25) is 0 Å². The summed E-state index contributed by atoms with van der Waals surface area (Å²) < 4.78 is 4.96. The molecular weight excluding hydrogens is 356 g/mol. The highest BCUT2D eigenvalue weighted by Gasteiger charge is 2.25. The van der Waals surface area contributed by atoms with Gasteiger partial charge in [-0.1, -0.05) is 12.1 Å². The van der Waals surface area contributed by atoms with Crippen LogP contribution in [0.3, 0.4) is 0 Å². The number of benzene rings is 1. The summed E-state index contributed by atoms with van der Waals surface area (Å²) >= 11 is 0.932. The van der Waals surface area contributed by atoms with Crippen molar-refractivity contribution in [3.05, 3.63) is 51.4 Å². The molecule has 2 aromatic rings. The molecule has 0 saturated carbocycles. The molecule has 3 N–H and O–H groups in total. The van der Waals surface area contributed by atoms with Gasteiger partial charge in [0.05, 0.1) is 12.2 Å². The molecule has 0 fully saturated rings. The van der Waals surface area contributed by atoms with Crippen LogP contribution in [-0.2, 0) is 4.74 Å². The fourth-order valence-electron chi connectivity index (χ4n) is 2.32. The Labute approximate surface area is 154 Å². The van der Waals surface area contributed by atoms with Gasteiger partial charge in [-0.15, -0.1) is 11.3 Å². The molecule has 0 aliphatic rings. The molecule has 7 nitrogen and oxygen atoms in total. The summed E-state index contributed by atoms with van der Waals surface area (Å²) in [5.74, 6) is -1.93. The second-order valence-electron chi connectivity index (χ2n) is 5.43. The molecule has 0 radical (unpaired) electrons. The Morgan fingerprint density at radius 3 is 2.19 bits per heavy atom. The first kappa shape index (κ1) is 19.3. The Morgan fingerprint density at radius 2 is 1.69 bits per heavy atom. The van der Waals surface area contributed by atoms with Crippen molar-refractivity contribution in [2.45, 2.75) is 20.8 Å². The highest BCUT2D eigenvalue weighted by atomic mass is 32.1. The van der Waals surface area contributed by atoms with E-state index >= 15 is 0 Å². The molecule has 0 aliphatic heterocycles. The third kappa shape index (κ3) is 3.97. The van der Waals surface area contributed by atoms with Crippen molar-refractivity contribution in [3.8, 4) is 0 Å². The molecule has 136 valence electrons. The number of carbonyl (C=O) groups is 4. The molecule has 1 heterocycles. The lowest BCUT2D eigenvalue weighted by Gasteiger charge is -2.05. The maximum Gasteiger partial charge on any atom is 0.348 e. The molecule has 0 unspecified atom stereocenters. The third-order valence-electron chi connectivity index (χ3n) is 3.63. The van der Waals surface area contributed by atoms with Crippen LogP contribution in [0.4, 0.5) is 5.00 Å². The number of ether oxygens (including phenoxy) is 1. The van der Waals surface area contributed by atoms with Crippen LogP contribution in [0.15, 0.2) is 24.3 Å². The molecule has 0 spiro atoms. The summed E-state index contributed by atoms with van der Waals surface area (Å²) in [7, 11) is 0. The Bertz CT molecular complexity index is 884. The number of thiophene rings is 1. The van der Waals surface area contributed by atoms with Crippen molar-refractivity contribution in [3.63, 3.8) is 0 Å². The van der Waals surface area contributed by atoms with Crippen molar-refractivity contribution in [2.75, 3.05) is 11.9 Å². The van der Waals surface area contributed by atoms with E-state index in [4.69, 9.17) is 10.5 Å². The van der Waals surface area contributed by atoms with Gasteiger partial charge in [0.25, 0.3) is 11.8 Å². The highest BCUT2D eigenvalue weighted by Crippen LogP contribution is 2.33. The first-order valence-corrected chi connectivity index (χ1v) is 8.60. The van der Waals surface area contributed by atoms with Gasteiger partial charge < -0.3 is 15.8 Å². The van der Waals surface area contributed by atoms with Gasteiger partial charge in [0.15, 0.2) is 5.78 Å². The fraction of sp³-hybridized carbons (Fsp3) is 0.222. The number of esters is 1. The number of hydrogen-bond donors (Lipinski definition) is 2. The number of anilines is 1. The van der Waals surface area contributed by atoms with E-state index in [1.165, 1.54) is 31.2 Å². The normalized spacial score (nSPS) is 10.3. The predicted molar refractivity (Wildman–Crippen MR) is 97.9 cm³/mol. The van der Waals surface area contributed by atoms with Crippen LogP contribution >= 0.6 is 11.3 Å². The summed E-state index contributed by atoms with van der Waals surface area (Å²) in [6.07, 6.45) is 0. The molecule has 1 aromatic heterocycles. The van der Waals surface area contributed by atoms with Crippen molar-refractivity contribution < 1.29 is 23.9 Å². The van der Waals surface area contributed by atoms with E-state index in [-0.39, 0.29) is 27.8 Å². The van der Waals surface area contributed by atoms with Crippen LogP contribution in [0.1, 0.15) is 60.2 Å². The van der Waals surface area contributed by atoms with Crippen LogP contribution in [0.5, 0.6) is 0 Å². The molecule has 1 aromatic carbocycles. The molecule has 8 heteroatoms. The van der Waals surface area contributed by atoms with Gasteiger partial charge in [-0.2, -0.15) is 0 Å². The lowest BCUT2D eigenvalue weighted by molar-refractivity contribution is 0.0531. The van der Waals surface area contributed by atoms with Crippen molar-refractivity contribution in [1.82, 2.24) is 0 Å². The zero-order valence-corrected chi connectivity index (χ0v) is 15.4. The quantitative estimate of drug-likeness (QED) is 0.596. The molecule has 0 saturated heterocycles. The van der Waals surface area contributed by atoms with Crippen LogP contribution in [-0.4, -0.2) is 30.2 Å². The van der Waals surface area contributed by atoms with Crippen LogP contribution in [0.25, 0.3) is 0 Å².